The Morgan fingerprint density at radius 2 is 1.72 bits per heavy atom. The first-order valence-electron chi connectivity index (χ1n) is 10.3. The van der Waals surface area contributed by atoms with E-state index in [0.717, 1.165) is 24.8 Å². The number of carbonyl (C=O) groups excluding carboxylic acids is 1. The molecule has 0 bridgehead atoms. The Bertz CT molecular complexity index is 787. The van der Waals surface area contributed by atoms with Gasteiger partial charge >= 0.3 is 0 Å². The molecule has 7 nitrogen and oxygen atoms in total. The molecule has 0 saturated heterocycles. The third-order valence-electron chi connectivity index (χ3n) is 5.25. The number of anilines is 1. The fourth-order valence-corrected chi connectivity index (χ4v) is 3.58. The quantitative estimate of drug-likeness (QED) is 0.661. The lowest BCUT2D eigenvalue weighted by molar-refractivity contribution is 0.0932. The molecule has 1 amide bonds. The van der Waals surface area contributed by atoms with Gasteiger partial charge in [0.1, 0.15) is 0 Å². The average molecular weight is 399 g/mol. The highest BCUT2D eigenvalue weighted by Crippen LogP contribution is 2.27. The highest BCUT2D eigenvalue weighted by Gasteiger charge is 2.16. The number of nitrogens with one attached hydrogen (secondary N) is 2. The molecule has 0 unspecified atom stereocenters. The van der Waals surface area contributed by atoms with E-state index >= 15 is 0 Å². The summed E-state index contributed by atoms with van der Waals surface area (Å²) in [5, 5.41) is 6.31. The summed E-state index contributed by atoms with van der Waals surface area (Å²) in [4.78, 5) is 21.0. The Balaban J connectivity index is 1.48. The van der Waals surface area contributed by atoms with Crippen molar-refractivity contribution in [2.24, 2.45) is 0 Å². The van der Waals surface area contributed by atoms with Crippen molar-refractivity contribution in [2.75, 3.05) is 26.1 Å². The van der Waals surface area contributed by atoms with Gasteiger partial charge in [-0.1, -0.05) is 31.7 Å². The summed E-state index contributed by atoms with van der Waals surface area (Å²) in [5.74, 6) is 1.85. The van der Waals surface area contributed by atoms with Crippen molar-refractivity contribution in [1.82, 2.24) is 15.3 Å². The van der Waals surface area contributed by atoms with Crippen molar-refractivity contribution >= 4 is 11.9 Å². The van der Waals surface area contributed by atoms with Crippen LogP contribution in [0, 0.1) is 0 Å². The van der Waals surface area contributed by atoms with Gasteiger partial charge in [0.05, 0.1) is 19.8 Å². The summed E-state index contributed by atoms with van der Waals surface area (Å²) in [7, 11) is 3.25. The molecule has 2 N–H and O–H groups in total. The van der Waals surface area contributed by atoms with Gasteiger partial charge in [0.15, 0.2) is 11.5 Å². The fourth-order valence-electron chi connectivity index (χ4n) is 3.58. The second kappa shape index (κ2) is 10.6. The van der Waals surface area contributed by atoms with E-state index in [1.807, 2.05) is 18.2 Å². The van der Waals surface area contributed by atoms with Crippen LogP contribution in [-0.4, -0.2) is 42.7 Å². The normalized spacial score (nSPS) is 14.7. The van der Waals surface area contributed by atoms with E-state index in [-0.39, 0.29) is 11.9 Å². The minimum atomic E-state index is -0.0891. The first-order chi connectivity index (χ1) is 14.2. The molecule has 7 heteroatoms. The summed E-state index contributed by atoms with van der Waals surface area (Å²) in [6.45, 7) is 0.670. The van der Waals surface area contributed by atoms with Crippen LogP contribution >= 0.6 is 0 Å². The molecule has 0 aliphatic heterocycles. The van der Waals surface area contributed by atoms with Crippen LogP contribution in [0.3, 0.4) is 0 Å². The molecular formula is C22H30N4O3. The zero-order valence-electron chi connectivity index (χ0n) is 17.2. The van der Waals surface area contributed by atoms with Crippen LogP contribution in [0.4, 0.5) is 5.95 Å². The number of aromatic nitrogens is 2. The Kier molecular flexibility index (Phi) is 7.67. The summed E-state index contributed by atoms with van der Waals surface area (Å²) in [6.07, 6.45) is 11.0. The third kappa shape index (κ3) is 6.07. The van der Waals surface area contributed by atoms with Gasteiger partial charge in [0, 0.05) is 25.0 Å². The second-order valence-corrected chi connectivity index (χ2v) is 7.32. The molecule has 1 aliphatic rings. The van der Waals surface area contributed by atoms with Crippen molar-refractivity contribution in [3.8, 4) is 11.5 Å². The number of benzene rings is 1. The zero-order chi connectivity index (χ0) is 20.5. The minimum absolute atomic E-state index is 0.0891. The van der Waals surface area contributed by atoms with Gasteiger partial charge < -0.3 is 20.1 Å². The largest absolute Gasteiger partial charge is 0.493 e. The smallest absolute Gasteiger partial charge is 0.254 e. The topological polar surface area (TPSA) is 85.4 Å². The van der Waals surface area contributed by atoms with Gasteiger partial charge in [-0.25, -0.2) is 9.97 Å². The molecule has 1 saturated carbocycles. The predicted octanol–water partition coefficient (Wildman–Crippen LogP) is 3.60. The van der Waals surface area contributed by atoms with E-state index in [4.69, 9.17) is 9.47 Å². The molecule has 1 fully saturated rings. The van der Waals surface area contributed by atoms with Crippen molar-refractivity contribution in [2.45, 2.75) is 51.0 Å². The first kappa shape index (κ1) is 20.9. The Hall–Kier alpha value is -2.83. The Labute approximate surface area is 172 Å². The molecule has 29 heavy (non-hydrogen) atoms. The molecular weight excluding hydrogens is 368 g/mol. The number of rotatable bonds is 8. The van der Waals surface area contributed by atoms with Crippen molar-refractivity contribution < 1.29 is 14.3 Å². The maximum atomic E-state index is 12.4. The molecule has 3 rings (SSSR count). The molecule has 1 aliphatic carbocycles. The van der Waals surface area contributed by atoms with Gasteiger partial charge in [-0.15, -0.1) is 0 Å². The maximum absolute atomic E-state index is 12.4. The van der Waals surface area contributed by atoms with E-state index in [9.17, 15) is 4.79 Å². The van der Waals surface area contributed by atoms with E-state index in [1.165, 1.54) is 25.7 Å². The molecule has 0 radical (unpaired) electrons. The molecule has 0 spiro atoms. The van der Waals surface area contributed by atoms with Gasteiger partial charge in [0.2, 0.25) is 5.95 Å². The molecule has 156 valence electrons. The van der Waals surface area contributed by atoms with Crippen LogP contribution in [0.2, 0.25) is 0 Å². The van der Waals surface area contributed by atoms with Crippen LogP contribution in [0.25, 0.3) is 0 Å². The van der Waals surface area contributed by atoms with E-state index in [1.54, 1.807) is 26.6 Å². The van der Waals surface area contributed by atoms with Crippen molar-refractivity contribution in [3.63, 3.8) is 0 Å². The SMILES string of the molecule is COc1ccc(CCNc2ncc(C(=O)NC3CCCCCC3)cn2)cc1OC. The molecule has 0 atom stereocenters. The van der Waals surface area contributed by atoms with Gasteiger partial charge in [-0.05, 0) is 37.0 Å². The van der Waals surface area contributed by atoms with Crippen LogP contribution in [0.15, 0.2) is 30.6 Å². The lowest BCUT2D eigenvalue weighted by Crippen LogP contribution is -2.34. The maximum Gasteiger partial charge on any atom is 0.254 e. The van der Waals surface area contributed by atoms with Crippen molar-refractivity contribution in [3.05, 3.63) is 41.7 Å². The van der Waals surface area contributed by atoms with Crippen molar-refractivity contribution in [1.29, 1.82) is 0 Å². The van der Waals surface area contributed by atoms with Gasteiger partial charge in [-0.3, -0.25) is 4.79 Å². The molecule has 1 heterocycles. The van der Waals surface area contributed by atoms with Gasteiger partial charge in [-0.2, -0.15) is 0 Å². The lowest BCUT2D eigenvalue weighted by Gasteiger charge is -2.16. The Morgan fingerprint density at radius 3 is 2.38 bits per heavy atom. The minimum Gasteiger partial charge on any atom is -0.493 e. The van der Waals surface area contributed by atoms with Crippen LogP contribution < -0.4 is 20.1 Å². The second-order valence-electron chi connectivity index (χ2n) is 7.32. The number of nitrogens with zero attached hydrogens (tertiary/aromatic N) is 2. The number of ether oxygens (including phenoxy) is 2. The summed E-state index contributed by atoms with van der Waals surface area (Å²) >= 11 is 0. The van der Waals surface area contributed by atoms with E-state index in [2.05, 4.69) is 20.6 Å². The third-order valence-corrected chi connectivity index (χ3v) is 5.25. The highest BCUT2D eigenvalue weighted by atomic mass is 16.5. The lowest BCUT2D eigenvalue weighted by atomic mass is 10.1. The number of hydrogen-bond donors (Lipinski definition) is 2. The van der Waals surface area contributed by atoms with E-state index in [0.29, 0.717) is 29.6 Å². The molecule has 2 aromatic rings. The highest BCUT2D eigenvalue weighted by molar-refractivity contribution is 5.93. The number of carbonyl (C=O) groups is 1. The zero-order valence-corrected chi connectivity index (χ0v) is 17.2. The first-order valence-corrected chi connectivity index (χ1v) is 10.3. The van der Waals surface area contributed by atoms with Crippen LogP contribution in [-0.2, 0) is 6.42 Å². The average Bonchev–Trinajstić information content (AvgIpc) is 3.02. The van der Waals surface area contributed by atoms with Crippen LogP contribution in [0.1, 0.15) is 54.4 Å². The Morgan fingerprint density at radius 1 is 1.03 bits per heavy atom. The molecule has 1 aromatic carbocycles. The molecule has 1 aromatic heterocycles. The predicted molar refractivity (Wildman–Crippen MR) is 113 cm³/mol. The summed E-state index contributed by atoms with van der Waals surface area (Å²) in [6, 6.07) is 6.13. The summed E-state index contributed by atoms with van der Waals surface area (Å²) < 4.78 is 10.6. The monoisotopic (exact) mass is 398 g/mol. The van der Waals surface area contributed by atoms with E-state index < -0.39 is 0 Å². The number of methoxy groups -OCH3 is 2. The summed E-state index contributed by atoms with van der Waals surface area (Å²) in [5.41, 5.74) is 1.62. The standard InChI is InChI=1S/C22H30N4O3/c1-28-19-10-9-16(13-20(19)29-2)11-12-23-22-24-14-17(15-25-22)21(27)26-18-7-5-3-4-6-8-18/h9-10,13-15,18H,3-8,11-12H2,1-2H3,(H,26,27)(H,23,24,25). The number of amides is 1. The fraction of sp³-hybridized carbons (Fsp3) is 0.500. The van der Waals surface area contributed by atoms with Gasteiger partial charge in [0.25, 0.3) is 5.91 Å². The van der Waals surface area contributed by atoms with Crippen LogP contribution in [0.5, 0.6) is 11.5 Å². The number of hydrogen-bond acceptors (Lipinski definition) is 6.